The number of imidazole rings is 2. The van der Waals surface area contributed by atoms with Crippen LogP contribution < -0.4 is 0 Å². The summed E-state index contributed by atoms with van der Waals surface area (Å²) >= 11 is 0. The van der Waals surface area contributed by atoms with Crippen molar-refractivity contribution in [2.75, 3.05) is 26.2 Å². The van der Waals surface area contributed by atoms with E-state index in [2.05, 4.69) is 72.3 Å². The maximum absolute atomic E-state index is 13.1. The highest BCUT2D eigenvalue weighted by Crippen LogP contribution is 2.44. The quantitative estimate of drug-likeness (QED) is 0.295. The van der Waals surface area contributed by atoms with Crippen LogP contribution >= 0.6 is 0 Å². The molecule has 1 atom stereocenters. The molecule has 0 saturated carbocycles. The van der Waals surface area contributed by atoms with Crippen molar-refractivity contribution in [2.24, 2.45) is 12.5 Å². The van der Waals surface area contributed by atoms with Crippen molar-refractivity contribution in [3.05, 3.63) is 71.8 Å². The van der Waals surface area contributed by atoms with Gasteiger partial charge in [-0.05, 0) is 68.7 Å². The highest BCUT2D eigenvalue weighted by atomic mass is 16.5. The lowest BCUT2D eigenvalue weighted by molar-refractivity contribution is -0.148. The monoisotopic (exact) mass is 575 g/mol. The number of nitrogens with one attached hydrogen (secondary N) is 1. The van der Waals surface area contributed by atoms with Gasteiger partial charge in [-0.1, -0.05) is 38.1 Å². The molecule has 0 aliphatic carbocycles. The van der Waals surface area contributed by atoms with Crippen LogP contribution in [0.4, 0.5) is 0 Å². The van der Waals surface area contributed by atoms with Gasteiger partial charge in [-0.2, -0.15) is 0 Å². The fraction of sp³-hybridized carbons (Fsp3) is 0.606. The topological polar surface area (TPSA) is 82.5 Å². The molecule has 0 bridgehead atoms. The number of ether oxygens (including phenoxy) is 1. The van der Waals surface area contributed by atoms with Crippen LogP contribution in [-0.2, 0) is 42.8 Å². The third-order valence-corrected chi connectivity index (χ3v) is 9.51. The van der Waals surface area contributed by atoms with Gasteiger partial charge >= 0.3 is 5.97 Å². The van der Waals surface area contributed by atoms with Crippen molar-refractivity contribution < 1.29 is 9.53 Å². The van der Waals surface area contributed by atoms with Crippen LogP contribution in [0.15, 0.2) is 49.1 Å². The Bertz CT molecular complexity index is 1240. The molecule has 9 heteroatoms. The molecular formula is C33H49N7O2. The van der Waals surface area contributed by atoms with Crippen molar-refractivity contribution in [3.8, 4) is 0 Å². The van der Waals surface area contributed by atoms with Crippen LogP contribution in [-0.4, -0.2) is 78.5 Å². The number of hydrogen-bond acceptors (Lipinski definition) is 7. The van der Waals surface area contributed by atoms with Crippen molar-refractivity contribution >= 4 is 5.97 Å². The van der Waals surface area contributed by atoms with Crippen LogP contribution in [0, 0.1) is 5.41 Å². The Morgan fingerprint density at radius 3 is 2.40 bits per heavy atom. The predicted octanol–water partition coefficient (Wildman–Crippen LogP) is 4.75. The van der Waals surface area contributed by atoms with Gasteiger partial charge in [0.1, 0.15) is 17.7 Å². The molecule has 0 unspecified atom stereocenters. The highest BCUT2D eigenvalue weighted by molar-refractivity contribution is 5.76. The third-order valence-electron chi connectivity index (χ3n) is 9.51. The van der Waals surface area contributed by atoms with Gasteiger partial charge in [0.05, 0.1) is 19.7 Å². The maximum atomic E-state index is 13.1. The number of rotatable bonds is 13. The number of nitrogens with zero attached hydrogens (tertiary/aromatic N) is 6. The van der Waals surface area contributed by atoms with Gasteiger partial charge in [-0.15, -0.1) is 0 Å². The molecule has 1 N–H and O–H groups in total. The van der Waals surface area contributed by atoms with Crippen LogP contribution in [0.25, 0.3) is 0 Å². The molecule has 228 valence electrons. The van der Waals surface area contributed by atoms with Crippen LogP contribution in [0.5, 0.6) is 0 Å². The van der Waals surface area contributed by atoms with E-state index in [1.165, 1.54) is 24.0 Å². The average Bonchev–Trinajstić information content (AvgIpc) is 3.73. The van der Waals surface area contributed by atoms with Gasteiger partial charge in [-0.25, -0.2) is 9.97 Å². The molecule has 42 heavy (non-hydrogen) atoms. The van der Waals surface area contributed by atoms with E-state index < -0.39 is 0 Å². The molecule has 4 heterocycles. The molecule has 2 saturated heterocycles. The largest absolute Gasteiger partial charge is 0.465 e. The summed E-state index contributed by atoms with van der Waals surface area (Å²) in [4.78, 5) is 32.7. The van der Waals surface area contributed by atoms with Crippen LogP contribution in [0.2, 0.25) is 0 Å². The summed E-state index contributed by atoms with van der Waals surface area (Å²) in [6.45, 7) is 13.2. The standard InChI is InChI=1S/C33H49N7O2/c1-5-28(6-2)39-17-12-33(13-18-39)20-29(32(41)42-7-3)40(25-33)22-27-10-8-26(9-11-27)21-38(23-30-34-14-15-35-30)24-31-36-16-19-37(31)4/h8-11,14-16,19,28-29H,5-7,12-13,17-18,20-25H2,1-4H3,(H,34,35)/t29-/m0/s1. The summed E-state index contributed by atoms with van der Waals surface area (Å²) in [5, 5.41) is 0. The minimum absolute atomic E-state index is 0.0590. The molecule has 2 aliphatic heterocycles. The zero-order chi connectivity index (χ0) is 29.5. The molecule has 5 rings (SSSR count). The van der Waals surface area contributed by atoms with Gasteiger partial charge < -0.3 is 19.2 Å². The lowest BCUT2D eigenvalue weighted by atomic mass is 9.76. The number of aromatic amines is 1. The number of aromatic nitrogens is 4. The predicted molar refractivity (Wildman–Crippen MR) is 164 cm³/mol. The summed E-state index contributed by atoms with van der Waals surface area (Å²) in [6, 6.07) is 9.42. The number of benzene rings is 1. The minimum atomic E-state index is -0.161. The van der Waals surface area contributed by atoms with Crippen molar-refractivity contribution in [1.82, 2.24) is 34.2 Å². The molecule has 2 aromatic heterocycles. The van der Waals surface area contributed by atoms with E-state index in [1.807, 2.05) is 32.6 Å². The SMILES string of the molecule is CCOC(=O)[C@@H]1CC2(CCN(C(CC)CC)CC2)CN1Cc1ccc(CN(Cc2ncc[nH]2)Cc2nccn2C)cc1. The first-order valence-electron chi connectivity index (χ1n) is 15.8. The molecule has 1 spiro atoms. The maximum Gasteiger partial charge on any atom is 0.323 e. The van der Waals surface area contributed by atoms with Gasteiger partial charge in [0.15, 0.2) is 0 Å². The summed E-state index contributed by atoms with van der Waals surface area (Å²) < 4.78 is 7.63. The highest BCUT2D eigenvalue weighted by Gasteiger charge is 2.48. The minimum Gasteiger partial charge on any atom is -0.465 e. The smallest absolute Gasteiger partial charge is 0.323 e. The second kappa shape index (κ2) is 14.0. The summed E-state index contributed by atoms with van der Waals surface area (Å²) in [5.74, 6) is 1.91. The Morgan fingerprint density at radius 2 is 1.79 bits per heavy atom. The van der Waals surface area contributed by atoms with Gasteiger partial charge in [0.25, 0.3) is 0 Å². The van der Waals surface area contributed by atoms with E-state index in [-0.39, 0.29) is 17.4 Å². The molecule has 1 aromatic carbocycles. The molecule has 3 aromatic rings. The summed E-state index contributed by atoms with van der Waals surface area (Å²) in [5.41, 5.74) is 2.69. The number of carbonyl (C=O) groups is 1. The number of H-pyrrole nitrogens is 1. The molecule has 0 amide bonds. The zero-order valence-corrected chi connectivity index (χ0v) is 26.0. The fourth-order valence-electron chi connectivity index (χ4n) is 7.07. The van der Waals surface area contributed by atoms with Gasteiger partial charge in [-0.3, -0.25) is 14.6 Å². The fourth-order valence-corrected chi connectivity index (χ4v) is 7.07. The number of likely N-dealkylation sites (tertiary alicyclic amines) is 2. The Kier molecular flexibility index (Phi) is 10.1. The Hall–Kier alpha value is -3.01. The lowest BCUT2D eigenvalue weighted by Crippen LogP contribution is -2.45. The van der Waals surface area contributed by atoms with E-state index in [1.54, 1.807) is 6.20 Å². The molecule has 0 radical (unpaired) electrons. The third kappa shape index (κ3) is 7.30. The second-order valence-corrected chi connectivity index (χ2v) is 12.3. The summed E-state index contributed by atoms with van der Waals surface area (Å²) in [7, 11) is 2.03. The van der Waals surface area contributed by atoms with Gasteiger partial charge in [0.2, 0.25) is 0 Å². The average molecular weight is 576 g/mol. The van der Waals surface area contributed by atoms with Gasteiger partial charge in [0, 0.05) is 57.5 Å². The van der Waals surface area contributed by atoms with E-state index >= 15 is 0 Å². The van der Waals surface area contributed by atoms with E-state index in [9.17, 15) is 4.79 Å². The zero-order valence-electron chi connectivity index (χ0n) is 26.0. The first kappa shape index (κ1) is 30.4. The molecule has 2 aliphatic rings. The molecule has 9 nitrogen and oxygen atoms in total. The Balaban J connectivity index is 1.25. The van der Waals surface area contributed by atoms with E-state index in [4.69, 9.17) is 4.74 Å². The Morgan fingerprint density at radius 1 is 1.05 bits per heavy atom. The van der Waals surface area contributed by atoms with Crippen molar-refractivity contribution in [1.29, 1.82) is 0 Å². The van der Waals surface area contributed by atoms with E-state index in [0.29, 0.717) is 19.2 Å². The molecular weight excluding hydrogens is 526 g/mol. The normalized spacial score (nSPS) is 19.3. The van der Waals surface area contributed by atoms with E-state index in [0.717, 1.165) is 70.2 Å². The number of hydrogen-bond donors (Lipinski definition) is 1. The number of aryl methyl sites for hydroxylation is 1. The second-order valence-electron chi connectivity index (χ2n) is 12.3. The summed E-state index contributed by atoms with van der Waals surface area (Å²) in [6.07, 6.45) is 13.1. The number of piperidine rings is 1. The molecule has 2 fully saturated rings. The first-order chi connectivity index (χ1) is 20.4. The lowest BCUT2D eigenvalue weighted by Gasteiger charge is -2.42. The van der Waals surface area contributed by atoms with Crippen molar-refractivity contribution in [3.63, 3.8) is 0 Å². The first-order valence-corrected chi connectivity index (χ1v) is 15.8. The van der Waals surface area contributed by atoms with Crippen molar-refractivity contribution in [2.45, 2.75) is 91.1 Å². The number of carbonyl (C=O) groups excluding carboxylic acids is 1. The number of esters is 1. The van der Waals surface area contributed by atoms with Crippen LogP contribution in [0.1, 0.15) is 75.7 Å². The van der Waals surface area contributed by atoms with Crippen LogP contribution in [0.3, 0.4) is 0 Å². The Labute approximate surface area is 251 Å².